The first-order chi connectivity index (χ1) is 13.5. The summed E-state index contributed by atoms with van der Waals surface area (Å²) < 4.78 is 34.2. The van der Waals surface area contributed by atoms with Gasteiger partial charge in [-0.1, -0.05) is 18.2 Å². The van der Waals surface area contributed by atoms with Gasteiger partial charge in [0.15, 0.2) is 5.82 Å². The van der Waals surface area contributed by atoms with Crippen molar-refractivity contribution in [2.75, 3.05) is 46.3 Å². The average molecular weight is 407 g/mol. The number of rotatable bonds is 10. The molecule has 0 aliphatic carbocycles. The molecular weight excluding hydrogens is 382 g/mol. The second-order valence-corrected chi connectivity index (χ2v) is 7.41. The molecule has 1 unspecified atom stereocenters. The van der Waals surface area contributed by atoms with Gasteiger partial charge in [0.25, 0.3) is 0 Å². The predicted molar refractivity (Wildman–Crippen MR) is 109 cm³/mol. The second-order valence-electron chi connectivity index (χ2n) is 6.33. The van der Waals surface area contributed by atoms with E-state index in [9.17, 15) is 4.21 Å². The maximum Gasteiger partial charge on any atom is 0.234 e. The maximum absolute atomic E-state index is 10.9. The van der Waals surface area contributed by atoms with E-state index in [0.717, 1.165) is 22.2 Å². The van der Waals surface area contributed by atoms with Gasteiger partial charge >= 0.3 is 0 Å². The molecule has 3 N–H and O–H groups in total. The lowest BCUT2D eigenvalue weighted by atomic mass is 10.2. The molecule has 152 valence electrons. The molecule has 28 heavy (non-hydrogen) atoms. The summed E-state index contributed by atoms with van der Waals surface area (Å²) in [6.45, 7) is 2.28. The summed E-state index contributed by atoms with van der Waals surface area (Å²) in [6, 6.07) is 7.83. The molecule has 0 spiro atoms. The quantitative estimate of drug-likeness (QED) is 0.386. The van der Waals surface area contributed by atoms with Gasteiger partial charge in [-0.15, -0.1) is 0 Å². The van der Waals surface area contributed by atoms with Crippen LogP contribution in [0, 0.1) is 0 Å². The molecule has 3 rings (SSSR count). The molecule has 9 nitrogen and oxygen atoms in total. The van der Waals surface area contributed by atoms with Crippen LogP contribution in [0.4, 0.5) is 5.82 Å². The maximum atomic E-state index is 10.9. The summed E-state index contributed by atoms with van der Waals surface area (Å²) in [6.07, 6.45) is 0.644. The lowest BCUT2D eigenvalue weighted by Crippen LogP contribution is -2.25. The summed E-state index contributed by atoms with van der Waals surface area (Å²) >= 11 is -1.99. The minimum Gasteiger partial charge on any atom is -0.384 e. The Morgan fingerprint density at radius 3 is 2.79 bits per heavy atom. The standard InChI is InChI=1S/C18H25N5O4S/c1-22(28(24)25)8-11-27-12-9-23-15(7-10-26-2)21-16-17(23)13-5-3-4-6-14(13)20-18(16)19/h3-6H,7-12H2,1-2H3,(H2,19,20)(H,24,25). The number of nitrogens with zero attached hydrogens (tertiary/aromatic N) is 4. The lowest BCUT2D eigenvalue weighted by molar-refractivity contribution is 0.118. The number of hydrogen-bond acceptors (Lipinski definition) is 6. The van der Waals surface area contributed by atoms with E-state index in [2.05, 4.69) is 9.55 Å². The third-order valence-corrected chi connectivity index (χ3v) is 5.21. The van der Waals surface area contributed by atoms with Gasteiger partial charge in [-0.2, -0.15) is 0 Å². The Morgan fingerprint density at radius 2 is 2.04 bits per heavy atom. The van der Waals surface area contributed by atoms with Crippen molar-refractivity contribution in [2.24, 2.45) is 0 Å². The number of fused-ring (bicyclic) bond motifs is 3. The van der Waals surface area contributed by atoms with Gasteiger partial charge in [0.1, 0.15) is 11.3 Å². The predicted octanol–water partition coefficient (Wildman–Crippen LogP) is 1.44. The highest BCUT2D eigenvalue weighted by molar-refractivity contribution is 7.76. The highest BCUT2D eigenvalue weighted by Crippen LogP contribution is 2.28. The molecule has 0 aliphatic heterocycles. The normalized spacial score (nSPS) is 13.0. The zero-order valence-corrected chi connectivity index (χ0v) is 16.8. The highest BCUT2D eigenvalue weighted by Gasteiger charge is 2.17. The van der Waals surface area contributed by atoms with E-state index in [4.69, 9.17) is 24.7 Å². The number of hydrogen-bond donors (Lipinski definition) is 2. The van der Waals surface area contributed by atoms with Crippen LogP contribution in [0.25, 0.3) is 21.9 Å². The third-order valence-electron chi connectivity index (χ3n) is 4.50. The molecule has 0 aliphatic rings. The van der Waals surface area contributed by atoms with Gasteiger partial charge in [-0.25, -0.2) is 18.5 Å². The molecule has 0 saturated carbocycles. The molecule has 10 heteroatoms. The van der Waals surface area contributed by atoms with Crippen LogP contribution in [0.1, 0.15) is 5.82 Å². The van der Waals surface area contributed by atoms with Gasteiger partial charge in [0.2, 0.25) is 11.3 Å². The van der Waals surface area contributed by atoms with Gasteiger partial charge in [0.05, 0.1) is 30.9 Å². The molecule has 0 bridgehead atoms. The summed E-state index contributed by atoms with van der Waals surface area (Å²) in [5.74, 6) is 1.26. The highest BCUT2D eigenvalue weighted by atomic mass is 32.2. The number of imidazole rings is 1. The molecule has 3 aromatic rings. The molecular formula is C18H25N5O4S. The van der Waals surface area contributed by atoms with Crippen molar-refractivity contribution in [3.63, 3.8) is 0 Å². The Balaban J connectivity index is 1.87. The van der Waals surface area contributed by atoms with Gasteiger partial charge < -0.3 is 19.8 Å². The minimum absolute atomic E-state index is 0.354. The Labute approximate surface area is 165 Å². The molecule has 0 fully saturated rings. The van der Waals surface area contributed by atoms with Crippen LogP contribution in [0.3, 0.4) is 0 Å². The van der Waals surface area contributed by atoms with Crippen molar-refractivity contribution in [2.45, 2.75) is 13.0 Å². The molecule has 2 heterocycles. The lowest BCUT2D eigenvalue weighted by Gasteiger charge is -2.13. The van der Waals surface area contributed by atoms with Crippen LogP contribution < -0.4 is 5.73 Å². The average Bonchev–Trinajstić information content (AvgIpc) is 3.05. The smallest absolute Gasteiger partial charge is 0.234 e. The minimum atomic E-state index is -1.99. The molecule has 0 amide bonds. The van der Waals surface area contributed by atoms with E-state index in [-0.39, 0.29) is 0 Å². The van der Waals surface area contributed by atoms with E-state index in [1.165, 1.54) is 4.31 Å². The number of nitrogen functional groups attached to an aromatic ring is 1. The van der Waals surface area contributed by atoms with E-state index in [0.29, 0.717) is 50.7 Å². The van der Waals surface area contributed by atoms with Crippen LogP contribution in [0.5, 0.6) is 0 Å². The van der Waals surface area contributed by atoms with E-state index in [1.54, 1.807) is 14.2 Å². The zero-order valence-electron chi connectivity index (χ0n) is 16.0. The first kappa shape index (κ1) is 20.6. The SMILES string of the molecule is COCCc1nc2c(N)nc3ccccc3c2n1CCOCCN(C)S(=O)O. The zero-order chi connectivity index (χ0) is 20.1. The topological polar surface area (TPSA) is 116 Å². The van der Waals surface area contributed by atoms with Gasteiger partial charge in [-0.3, -0.25) is 4.55 Å². The first-order valence-electron chi connectivity index (χ1n) is 8.95. The Kier molecular flexibility index (Phi) is 6.92. The molecule has 1 aromatic carbocycles. The summed E-state index contributed by atoms with van der Waals surface area (Å²) in [5, 5.41) is 0.985. The first-order valence-corrected chi connectivity index (χ1v) is 10.0. The fraction of sp³-hybridized carbons (Fsp3) is 0.444. The fourth-order valence-electron chi connectivity index (χ4n) is 3.06. The van der Waals surface area contributed by atoms with Crippen LogP contribution >= 0.6 is 0 Å². The van der Waals surface area contributed by atoms with Crippen LogP contribution in [0.15, 0.2) is 24.3 Å². The Bertz CT molecular complexity index is 977. The number of para-hydroxylation sites is 1. The van der Waals surface area contributed by atoms with Crippen molar-refractivity contribution in [1.82, 2.24) is 18.8 Å². The number of benzene rings is 1. The van der Waals surface area contributed by atoms with E-state index >= 15 is 0 Å². The van der Waals surface area contributed by atoms with Crippen molar-refractivity contribution in [3.05, 3.63) is 30.1 Å². The number of anilines is 1. The largest absolute Gasteiger partial charge is 0.384 e. The number of pyridine rings is 1. The van der Waals surface area contributed by atoms with Crippen molar-refractivity contribution in [3.8, 4) is 0 Å². The molecule has 0 saturated heterocycles. The number of likely N-dealkylation sites (N-methyl/N-ethyl adjacent to an activating group) is 1. The molecule has 2 aromatic heterocycles. The van der Waals surface area contributed by atoms with Crippen molar-refractivity contribution < 1.29 is 18.2 Å². The van der Waals surface area contributed by atoms with Gasteiger partial charge in [0, 0.05) is 39.1 Å². The van der Waals surface area contributed by atoms with E-state index < -0.39 is 11.3 Å². The van der Waals surface area contributed by atoms with Gasteiger partial charge in [-0.05, 0) is 6.07 Å². The van der Waals surface area contributed by atoms with Crippen molar-refractivity contribution >= 4 is 39.0 Å². The van der Waals surface area contributed by atoms with Crippen LogP contribution in [0.2, 0.25) is 0 Å². The molecule has 0 radical (unpaired) electrons. The van der Waals surface area contributed by atoms with Crippen LogP contribution in [-0.2, 0) is 33.7 Å². The summed E-state index contributed by atoms with van der Waals surface area (Å²) in [4.78, 5) is 9.17. The number of ether oxygens (including phenoxy) is 2. The van der Waals surface area contributed by atoms with Crippen molar-refractivity contribution in [1.29, 1.82) is 0 Å². The van der Waals surface area contributed by atoms with E-state index in [1.807, 2.05) is 24.3 Å². The number of nitrogens with two attached hydrogens (primary N) is 1. The third kappa shape index (κ3) is 4.47. The second kappa shape index (κ2) is 9.39. The Hall–Kier alpha value is -2.11. The number of aromatic nitrogens is 3. The number of methoxy groups -OCH3 is 1. The summed E-state index contributed by atoms with van der Waals surface area (Å²) in [5.41, 5.74) is 8.60. The molecule has 1 atom stereocenters. The Morgan fingerprint density at radius 1 is 1.25 bits per heavy atom. The fourth-order valence-corrected chi connectivity index (χ4v) is 3.29. The monoisotopic (exact) mass is 407 g/mol. The summed E-state index contributed by atoms with van der Waals surface area (Å²) in [7, 11) is 3.22. The van der Waals surface area contributed by atoms with Crippen LogP contribution in [-0.4, -0.2) is 68.1 Å².